The van der Waals surface area contributed by atoms with Crippen LogP contribution in [0, 0.1) is 0 Å². The third kappa shape index (κ3) is 2.96. The summed E-state index contributed by atoms with van der Waals surface area (Å²) in [4.78, 5) is 0. The average molecular weight is 322 g/mol. The number of rotatable bonds is 3. The van der Waals surface area contributed by atoms with E-state index in [-0.39, 0.29) is 0 Å². The minimum Gasteiger partial charge on any atom is -0.0622 e. The quantitative estimate of drug-likeness (QED) is 0.371. The van der Waals surface area contributed by atoms with Crippen LogP contribution >= 0.6 is 0 Å². The van der Waals surface area contributed by atoms with Gasteiger partial charge >= 0.3 is 0 Å². The molecular formula is C25H22. The molecule has 0 heterocycles. The first-order chi connectivity index (χ1) is 12.2. The lowest BCUT2D eigenvalue weighted by molar-refractivity contribution is 0.867. The van der Waals surface area contributed by atoms with E-state index in [9.17, 15) is 0 Å². The summed E-state index contributed by atoms with van der Waals surface area (Å²) in [5.74, 6) is 0.555. The minimum atomic E-state index is 0.555. The summed E-state index contributed by atoms with van der Waals surface area (Å²) in [6.07, 6.45) is 0. The monoisotopic (exact) mass is 322 g/mol. The fourth-order valence-electron chi connectivity index (χ4n) is 3.48. The summed E-state index contributed by atoms with van der Waals surface area (Å²) in [7, 11) is 0. The van der Waals surface area contributed by atoms with Gasteiger partial charge < -0.3 is 0 Å². The molecule has 0 fully saturated rings. The molecule has 0 spiro atoms. The van der Waals surface area contributed by atoms with Gasteiger partial charge in [-0.15, -0.1) is 0 Å². The molecule has 0 aliphatic heterocycles. The fourth-order valence-corrected chi connectivity index (χ4v) is 3.48. The first kappa shape index (κ1) is 15.7. The largest absolute Gasteiger partial charge is 0.0622 e. The first-order valence-corrected chi connectivity index (χ1v) is 8.91. The highest BCUT2D eigenvalue weighted by Gasteiger charge is 2.11. The standard InChI is InChI=1S/C25H22/c1-18(2)19-12-14-21(15-13-19)24-17-16-20-8-6-7-11-23(20)25(24)22-9-4-3-5-10-22/h3-18H,1-2H3. The summed E-state index contributed by atoms with van der Waals surface area (Å²) < 4.78 is 0. The molecule has 25 heavy (non-hydrogen) atoms. The van der Waals surface area contributed by atoms with Crippen molar-refractivity contribution in [2.45, 2.75) is 19.8 Å². The Morgan fingerprint density at radius 3 is 1.96 bits per heavy atom. The van der Waals surface area contributed by atoms with Crippen LogP contribution < -0.4 is 0 Å². The highest BCUT2D eigenvalue weighted by Crippen LogP contribution is 2.38. The second-order valence-corrected chi connectivity index (χ2v) is 6.85. The molecule has 0 aromatic heterocycles. The Balaban J connectivity index is 1.97. The van der Waals surface area contributed by atoms with E-state index in [1.54, 1.807) is 0 Å². The first-order valence-electron chi connectivity index (χ1n) is 8.91. The van der Waals surface area contributed by atoms with Crippen LogP contribution in [0.2, 0.25) is 0 Å². The summed E-state index contributed by atoms with van der Waals surface area (Å²) in [6, 6.07) is 32.9. The zero-order valence-corrected chi connectivity index (χ0v) is 14.7. The van der Waals surface area contributed by atoms with Crippen molar-refractivity contribution >= 4 is 10.8 Å². The molecule has 0 unspecified atom stereocenters. The van der Waals surface area contributed by atoms with Gasteiger partial charge in [-0.3, -0.25) is 0 Å². The Morgan fingerprint density at radius 2 is 1.24 bits per heavy atom. The van der Waals surface area contributed by atoms with Crippen LogP contribution in [-0.4, -0.2) is 0 Å². The molecule has 0 aliphatic rings. The molecule has 0 heteroatoms. The molecule has 0 saturated heterocycles. The normalized spacial score (nSPS) is 11.2. The van der Waals surface area contributed by atoms with E-state index in [1.165, 1.54) is 38.6 Å². The van der Waals surface area contributed by atoms with Crippen molar-refractivity contribution in [2.24, 2.45) is 0 Å². The van der Waals surface area contributed by atoms with Gasteiger partial charge in [-0.05, 0) is 44.5 Å². The summed E-state index contributed by atoms with van der Waals surface area (Å²) in [6.45, 7) is 4.47. The number of hydrogen-bond donors (Lipinski definition) is 0. The van der Waals surface area contributed by atoms with E-state index in [1.807, 2.05) is 0 Å². The minimum absolute atomic E-state index is 0.555. The molecule has 4 aromatic carbocycles. The van der Waals surface area contributed by atoms with Crippen molar-refractivity contribution in [3.05, 3.63) is 96.6 Å². The van der Waals surface area contributed by atoms with Crippen molar-refractivity contribution in [1.29, 1.82) is 0 Å². The molecular weight excluding hydrogens is 300 g/mol. The molecule has 0 nitrogen and oxygen atoms in total. The molecule has 0 radical (unpaired) electrons. The van der Waals surface area contributed by atoms with Crippen molar-refractivity contribution in [3.63, 3.8) is 0 Å². The zero-order valence-electron chi connectivity index (χ0n) is 14.7. The SMILES string of the molecule is CC(C)c1ccc(-c2ccc3ccccc3c2-c2ccccc2)cc1. The van der Waals surface area contributed by atoms with Crippen LogP contribution in [0.1, 0.15) is 25.3 Å². The van der Waals surface area contributed by atoms with Gasteiger partial charge in [0.1, 0.15) is 0 Å². The Labute approximate surface area is 149 Å². The van der Waals surface area contributed by atoms with Gasteiger partial charge in [0.15, 0.2) is 0 Å². The van der Waals surface area contributed by atoms with Crippen molar-refractivity contribution in [3.8, 4) is 22.3 Å². The second-order valence-electron chi connectivity index (χ2n) is 6.85. The molecule has 0 atom stereocenters. The van der Waals surface area contributed by atoms with Crippen LogP contribution in [0.25, 0.3) is 33.0 Å². The van der Waals surface area contributed by atoms with Crippen LogP contribution in [-0.2, 0) is 0 Å². The Kier molecular flexibility index (Phi) is 4.11. The Morgan fingerprint density at radius 1 is 0.560 bits per heavy atom. The molecule has 0 aliphatic carbocycles. The highest BCUT2D eigenvalue weighted by atomic mass is 14.2. The predicted molar refractivity (Wildman–Crippen MR) is 109 cm³/mol. The van der Waals surface area contributed by atoms with Crippen LogP contribution in [0.3, 0.4) is 0 Å². The predicted octanol–water partition coefficient (Wildman–Crippen LogP) is 7.30. The second kappa shape index (κ2) is 6.57. The molecule has 4 rings (SSSR count). The van der Waals surface area contributed by atoms with Gasteiger partial charge in [-0.1, -0.05) is 105 Å². The molecule has 122 valence electrons. The van der Waals surface area contributed by atoms with Crippen molar-refractivity contribution in [2.75, 3.05) is 0 Å². The Bertz CT molecular complexity index is 993. The van der Waals surface area contributed by atoms with E-state index in [4.69, 9.17) is 0 Å². The molecule has 0 saturated carbocycles. The van der Waals surface area contributed by atoms with Crippen molar-refractivity contribution < 1.29 is 0 Å². The summed E-state index contributed by atoms with van der Waals surface area (Å²) in [5, 5.41) is 2.59. The third-order valence-electron chi connectivity index (χ3n) is 4.88. The van der Waals surface area contributed by atoms with E-state index in [0.29, 0.717) is 5.92 Å². The molecule has 0 N–H and O–H groups in total. The maximum absolute atomic E-state index is 2.26. The lowest BCUT2D eigenvalue weighted by Gasteiger charge is -2.15. The van der Waals surface area contributed by atoms with E-state index < -0.39 is 0 Å². The molecule has 0 amide bonds. The van der Waals surface area contributed by atoms with Gasteiger partial charge in [0.2, 0.25) is 0 Å². The van der Waals surface area contributed by atoms with Gasteiger partial charge in [0.05, 0.1) is 0 Å². The van der Waals surface area contributed by atoms with Gasteiger partial charge in [0, 0.05) is 0 Å². The van der Waals surface area contributed by atoms with Crippen LogP contribution in [0.15, 0.2) is 91.0 Å². The summed E-state index contributed by atoms with van der Waals surface area (Å²) in [5.41, 5.74) is 6.53. The van der Waals surface area contributed by atoms with Crippen LogP contribution in [0.4, 0.5) is 0 Å². The number of benzene rings is 4. The lowest BCUT2D eigenvalue weighted by atomic mass is 9.89. The van der Waals surface area contributed by atoms with Crippen LogP contribution in [0.5, 0.6) is 0 Å². The number of fused-ring (bicyclic) bond motifs is 1. The van der Waals surface area contributed by atoms with E-state index in [2.05, 4.69) is 105 Å². The third-order valence-corrected chi connectivity index (χ3v) is 4.88. The van der Waals surface area contributed by atoms with Gasteiger partial charge in [0.25, 0.3) is 0 Å². The smallest absolute Gasteiger partial charge is 0.00268 e. The van der Waals surface area contributed by atoms with E-state index in [0.717, 1.165) is 0 Å². The molecule has 4 aromatic rings. The lowest BCUT2D eigenvalue weighted by Crippen LogP contribution is -1.90. The zero-order chi connectivity index (χ0) is 17.2. The average Bonchev–Trinajstić information content (AvgIpc) is 2.68. The van der Waals surface area contributed by atoms with Crippen molar-refractivity contribution in [1.82, 2.24) is 0 Å². The molecule has 0 bridgehead atoms. The fraction of sp³-hybridized carbons (Fsp3) is 0.120. The Hall–Kier alpha value is -2.86. The highest BCUT2D eigenvalue weighted by molar-refractivity contribution is 6.04. The maximum Gasteiger partial charge on any atom is -0.00268 e. The number of hydrogen-bond acceptors (Lipinski definition) is 0. The van der Waals surface area contributed by atoms with Gasteiger partial charge in [-0.2, -0.15) is 0 Å². The van der Waals surface area contributed by atoms with Gasteiger partial charge in [-0.25, -0.2) is 0 Å². The summed E-state index contributed by atoms with van der Waals surface area (Å²) >= 11 is 0. The topological polar surface area (TPSA) is 0 Å². The van der Waals surface area contributed by atoms with E-state index >= 15 is 0 Å². The maximum atomic E-state index is 2.26.